The number of phenols is 1. The highest BCUT2D eigenvalue weighted by Gasteiger charge is 2.13. The van der Waals surface area contributed by atoms with Crippen LogP contribution in [0, 0.1) is 6.92 Å². The van der Waals surface area contributed by atoms with E-state index < -0.39 is 0 Å². The standard InChI is InChI=1S/C16H18N2O2/c1-11-6-7-13(9-15(11)19)16(20)18(2)10-12-4-3-5-14(17)8-12/h3-9,19H,10,17H2,1-2H3. The number of hydrogen-bond donors (Lipinski definition) is 2. The number of phenolic OH excluding ortho intramolecular Hbond substituents is 1. The van der Waals surface area contributed by atoms with E-state index in [2.05, 4.69) is 0 Å². The minimum absolute atomic E-state index is 0.133. The normalized spacial score (nSPS) is 10.3. The predicted octanol–water partition coefficient (Wildman–Crippen LogP) is 2.56. The van der Waals surface area contributed by atoms with Crippen molar-refractivity contribution in [2.45, 2.75) is 13.5 Å². The number of nitrogens with two attached hydrogens (primary N) is 1. The lowest BCUT2D eigenvalue weighted by molar-refractivity contribution is 0.0784. The quantitative estimate of drug-likeness (QED) is 0.842. The van der Waals surface area contributed by atoms with E-state index in [9.17, 15) is 9.90 Å². The van der Waals surface area contributed by atoms with E-state index in [1.165, 1.54) is 6.07 Å². The van der Waals surface area contributed by atoms with Crippen LogP contribution in [0.25, 0.3) is 0 Å². The summed E-state index contributed by atoms with van der Waals surface area (Å²) in [5.74, 6) is -0.00377. The smallest absolute Gasteiger partial charge is 0.254 e. The molecule has 4 nitrogen and oxygen atoms in total. The Hall–Kier alpha value is -2.49. The van der Waals surface area contributed by atoms with Gasteiger partial charge in [-0.15, -0.1) is 0 Å². The zero-order valence-electron chi connectivity index (χ0n) is 11.6. The number of aryl methyl sites for hydroxylation is 1. The van der Waals surface area contributed by atoms with Gasteiger partial charge < -0.3 is 15.7 Å². The number of carbonyl (C=O) groups excluding carboxylic acids is 1. The number of hydrogen-bond acceptors (Lipinski definition) is 3. The van der Waals surface area contributed by atoms with Crippen LogP contribution in [0.2, 0.25) is 0 Å². The molecule has 0 aliphatic carbocycles. The van der Waals surface area contributed by atoms with Gasteiger partial charge in [-0.1, -0.05) is 18.2 Å². The van der Waals surface area contributed by atoms with E-state index in [0.717, 1.165) is 11.1 Å². The minimum Gasteiger partial charge on any atom is -0.508 e. The van der Waals surface area contributed by atoms with Gasteiger partial charge in [-0.2, -0.15) is 0 Å². The van der Waals surface area contributed by atoms with Gasteiger partial charge in [0.25, 0.3) is 5.91 Å². The first-order chi connectivity index (χ1) is 9.47. The average Bonchev–Trinajstić information content (AvgIpc) is 2.41. The Morgan fingerprint density at radius 3 is 2.65 bits per heavy atom. The molecule has 0 bridgehead atoms. The van der Waals surface area contributed by atoms with E-state index in [4.69, 9.17) is 5.73 Å². The van der Waals surface area contributed by atoms with Crippen LogP contribution in [0.4, 0.5) is 5.69 Å². The summed E-state index contributed by atoms with van der Waals surface area (Å²) in [6.07, 6.45) is 0. The SMILES string of the molecule is Cc1ccc(C(=O)N(C)Cc2cccc(N)c2)cc1O. The van der Waals surface area contributed by atoms with Gasteiger partial charge in [0.1, 0.15) is 5.75 Å². The van der Waals surface area contributed by atoms with Crippen molar-refractivity contribution in [2.75, 3.05) is 12.8 Å². The molecule has 2 aromatic carbocycles. The first kappa shape index (κ1) is 13.9. The zero-order chi connectivity index (χ0) is 14.7. The fourth-order valence-electron chi connectivity index (χ4n) is 2.00. The molecule has 0 aliphatic rings. The number of nitrogens with zero attached hydrogens (tertiary/aromatic N) is 1. The van der Waals surface area contributed by atoms with Crippen LogP contribution in [-0.2, 0) is 6.54 Å². The number of anilines is 1. The van der Waals surface area contributed by atoms with E-state index in [0.29, 0.717) is 17.8 Å². The molecule has 0 aliphatic heterocycles. The molecule has 0 aromatic heterocycles. The zero-order valence-corrected chi connectivity index (χ0v) is 11.6. The Balaban J connectivity index is 2.14. The summed E-state index contributed by atoms with van der Waals surface area (Å²) in [6, 6.07) is 12.4. The molecule has 0 heterocycles. The van der Waals surface area contributed by atoms with Gasteiger partial charge in [-0.05, 0) is 42.3 Å². The van der Waals surface area contributed by atoms with Crippen LogP contribution in [-0.4, -0.2) is 23.0 Å². The summed E-state index contributed by atoms with van der Waals surface area (Å²) in [6.45, 7) is 2.26. The third-order valence-electron chi connectivity index (χ3n) is 3.17. The summed E-state index contributed by atoms with van der Waals surface area (Å²) in [5, 5.41) is 9.67. The molecule has 2 aromatic rings. The van der Waals surface area contributed by atoms with Gasteiger partial charge in [0, 0.05) is 24.8 Å². The summed E-state index contributed by atoms with van der Waals surface area (Å²) >= 11 is 0. The van der Waals surface area contributed by atoms with Gasteiger partial charge in [-0.25, -0.2) is 0 Å². The van der Waals surface area contributed by atoms with Crippen molar-refractivity contribution in [1.82, 2.24) is 4.90 Å². The molecule has 1 amide bonds. The molecule has 2 rings (SSSR count). The molecule has 104 valence electrons. The van der Waals surface area contributed by atoms with Crippen LogP contribution in [0.1, 0.15) is 21.5 Å². The van der Waals surface area contributed by atoms with Gasteiger partial charge in [0.2, 0.25) is 0 Å². The molecule has 0 saturated heterocycles. The van der Waals surface area contributed by atoms with Gasteiger partial charge >= 0.3 is 0 Å². The molecule has 3 N–H and O–H groups in total. The Labute approximate surface area is 118 Å². The molecular formula is C16H18N2O2. The molecule has 4 heteroatoms. The van der Waals surface area contributed by atoms with E-state index in [1.54, 1.807) is 31.0 Å². The lowest BCUT2D eigenvalue weighted by atomic mass is 10.1. The van der Waals surface area contributed by atoms with Crippen molar-refractivity contribution >= 4 is 11.6 Å². The fraction of sp³-hybridized carbons (Fsp3) is 0.188. The Morgan fingerprint density at radius 2 is 2.00 bits per heavy atom. The molecule has 0 radical (unpaired) electrons. The monoisotopic (exact) mass is 270 g/mol. The molecule has 20 heavy (non-hydrogen) atoms. The topological polar surface area (TPSA) is 66.6 Å². The Kier molecular flexibility index (Phi) is 3.94. The van der Waals surface area contributed by atoms with Crippen molar-refractivity contribution in [3.05, 3.63) is 59.2 Å². The van der Waals surface area contributed by atoms with E-state index in [-0.39, 0.29) is 11.7 Å². The van der Waals surface area contributed by atoms with Crippen molar-refractivity contribution < 1.29 is 9.90 Å². The highest BCUT2D eigenvalue weighted by molar-refractivity contribution is 5.94. The summed E-state index contributed by atoms with van der Waals surface area (Å²) in [5.41, 5.74) is 8.59. The maximum absolute atomic E-state index is 12.3. The minimum atomic E-state index is -0.136. The summed E-state index contributed by atoms with van der Waals surface area (Å²) < 4.78 is 0. The highest BCUT2D eigenvalue weighted by Crippen LogP contribution is 2.19. The number of amides is 1. The fourth-order valence-corrected chi connectivity index (χ4v) is 2.00. The number of nitrogen functional groups attached to an aromatic ring is 1. The van der Waals surface area contributed by atoms with E-state index in [1.807, 2.05) is 24.3 Å². The van der Waals surface area contributed by atoms with Crippen LogP contribution in [0.5, 0.6) is 5.75 Å². The first-order valence-electron chi connectivity index (χ1n) is 6.37. The lowest BCUT2D eigenvalue weighted by Crippen LogP contribution is -2.26. The van der Waals surface area contributed by atoms with Crippen LogP contribution >= 0.6 is 0 Å². The van der Waals surface area contributed by atoms with Crippen molar-refractivity contribution in [2.24, 2.45) is 0 Å². The van der Waals surface area contributed by atoms with Crippen molar-refractivity contribution in [1.29, 1.82) is 0 Å². The molecule has 0 atom stereocenters. The maximum atomic E-state index is 12.3. The van der Waals surface area contributed by atoms with Gasteiger partial charge in [0.05, 0.1) is 0 Å². The Bertz CT molecular complexity index is 638. The molecule has 0 unspecified atom stereocenters. The molecule has 0 saturated carbocycles. The van der Waals surface area contributed by atoms with Crippen LogP contribution in [0.3, 0.4) is 0 Å². The first-order valence-corrected chi connectivity index (χ1v) is 6.37. The number of benzene rings is 2. The maximum Gasteiger partial charge on any atom is 0.254 e. The third-order valence-corrected chi connectivity index (χ3v) is 3.17. The number of rotatable bonds is 3. The molecule has 0 fully saturated rings. The third kappa shape index (κ3) is 3.09. The lowest BCUT2D eigenvalue weighted by Gasteiger charge is -2.18. The van der Waals surface area contributed by atoms with Crippen molar-refractivity contribution in [3.8, 4) is 5.75 Å². The van der Waals surface area contributed by atoms with Crippen LogP contribution < -0.4 is 5.73 Å². The van der Waals surface area contributed by atoms with Crippen LogP contribution in [0.15, 0.2) is 42.5 Å². The van der Waals surface area contributed by atoms with E-state index >= 15 is 0 Å². The summed E-state index contributed by atoms with van der Waals surface area (Å²) in [7, 11) is 1.72. The highest BCUT2D eigenvalue weighted by atomic mass is 16.3. The number of carbonyl (C=O) groups is 1. The summed E-state index contributed by atoms with van der Waals surface area (Å²) in [4.78, 5) is 13.9. The predicted molar refractivity (Wildman–Crippen MR) is 79.5 cm³/mol. The largest absolute Gasteiger partial charge is 0.508 e. The molecular weight excluding hydrogens is 252 g/mol. The number of aromatic hydroxyl groups is 1. The average molecular weight is 270 g/mol. The second-order valence-electron chi connectivity index (χ2n) is 4.91. The molecule has 0 spiro atoms. The van der Waals surface area contributed by atoms with Gasteiger partial charge in [-0.3, -0.25) is 4.79 Å². The second kappa shape index (κ2) is 5.65. The second-order valence-corrected chi connectivity index (χ2v) is 4.91. The Morgan fingerprint density at radius 1 is 1.25 bits per heavy atom. The van der Waals surface area contributed by atoms with Crippen molar-refractivity contribution in [3.63, 3.8) is 0 Å². The van der Waals surface area contributed by atoms with Gasteiger partial charge in [0.15, 0.2) is 0 Å².